The van der Waals surface area contributed by atoms with Gasteiger partial charge in [0.1, 0.15) is 0 Å². The van der Waals surface area contributed by atoms with Gasteiger partial charge in [0.15, 0.2) is 0 Å². The number of fused-ring (bicyclic) bond motifs is 18. The fourth-order valence-electron chi connectivity index (χ4n) is 14.8. The highest BCUT2D eigenvalue weighted by molar-refractivity contribution is 7.27. The molecular weight excluding hydrogens is 915 g/mol. The fraction of sp³-hybridized carbons (Fsp3) is 0.104. The molecule has 0 fully saturated rings. The Kier molecular flexibility index (Phi) is 7.51. The lowest BCUT2D eigenvalue weighted by molar-refractivity contribution is 0.658. The van der Waals surface area contributed by atoms with Gasteiger partial charge >= 0.3 is 0 Å². The first kappa shape index (κ1) is 39.4. The smallest absolute Gasteiger partial charge is 0.0743 e. The average molecular weight is 958 g/mol. The molecule has 1 spiro atoms. The second kappa shape index (κ2) is 13.5. The van der Waals surface area contributed by atoms with E-state index in [0.29, 0.717) is 0 Å². The summed E-state index contributed by atoms with van der Waals surface area (Å²) in [5, 5.41) is 10.3. The molecule has 17 rings (SSSR count). The summed E-state index contributed by atoms with van der Waals surface area (Å²) in [6.45, 7) is 4.84. The van der Waals surface area contributed by atoms with Crippen molar-refractivity contribution in [2.24, 2.45) is 0 Å². The molecule has 4 heteroatoms. The third kappa shape index (κ3) is 4.57. The van der Waals surface area contributed by atoms with Crippen LogP contribution in [0, 0.1) is 0 Å². The molecule has 4 aliphatic carbocycles. The first-order valence-electron chi connectivity index (χ1n) is 25.0. The van der Waals surface area contributed by atoms with Crippen LogP contribution in [0.1, 0.15) is 80.6 Å². The number of rotatable bonds is 3. The summed E-state index contributed by atoms with van der Waals surface area (Å²) < 4.78 is 2.70. The van der Waals surface area contributed by atoms with Crippen LogP contribution in [-0.2, 0) is 29.1 Å². The van der Waals surface area contributed by atoms with Crippen molar-refractivity contribution in [2.45, 2.75) is 42.9 Å². The van der Waals surface area contributed by atoms with E-state index >= 15 is 0 Å². The zero-order valence-electron chi connectivity index (χ0n) is 39.1. The molecule has 0 saturated carbocycles. The Hall–Kier alpha value is -7.34. The van der Waals surface area contributed by atoms with Crippen molar-refractivity contribution in [1.82, 2.24) is 0 Å². The van der Waals surface area contributed by atoms with Crippen molar-refractivity contribution in [2.75, 3.05) is 4.90 Å². The average Bonchev–Trinajstić information content (AvgIpc) is 4.30. The van der Waals surface area contributed by atoms with Crippen molar-refractivity contribution < 1.29 is 0 Å². The number of benzene rings is 9. The molecular formula is C67H43NS3. The maximum atomic E-state index is 2.66. The van der Waals surface area contributed by atoms with Crippen LogP contribution in [0.2, 0.25) is 0 Å². The van der Waals surface area contributed by atoms with Crippen molar-refractivity contribution in [3.63, 3.8) is 0 Å². The van der Waals surface area contributed by atoms with Crippen molar-refractivity contribution in [3.8, 4) is 32.0 Å². The van der Waals surface area contributed by atoms with Gasteiger partial charge in [-0.1, -0.05) is 166 Å². The van der Waals surface area contributed by atoms with Gasteiger partial charge in [-0.15, -0.1) is 34.0 Å². The molecule has 1 nitrogen and oxygen atoms in total. The summed E-state index contributed by atoms with van der Waals surface area (Å²) in [4.78, 5) is 5.53. The van der Waals surface area contributed by atoms with Gasteiger partial charge in [-0.3, -0.25) is 0 Å². The zero-order chi connectivity index (χ0) is 46.5. The third-order valence-corrected chi connectivity index (χ3v) is 20.9. The van der Waals surface area contributed by atoms with Gasteiger partial charge < -0.3 is 4.90 Å². The molecule has 0 N–H and O–H groups in total. The third-order valence-electron chi connectivity index (χ3n) is 17.6. The Labute approximate surface area is 424 Å². The molecule has 12 aromatic rings. The van der Waals surface area contributed by atoms with E-state index < -0.39 is 5.41 Å². The van der Waals surface area contributed by atoms with Crippen LogP contribution in [0.5, 0.6) is 0 Å². The summed E-state index contributed by atoms with van der Waals surface area (Å²) in [6.07, 6.45) is 2.22. The van der Waals surface area contributed by atoms with Gasteiger partial charge in [-0.25, -0.2) is 0 Å². The number of nitrogens with zero attached hydrogens (tertiary/aromatic N) is 1. The van der Waals surface area contributed by atoms with Gasteiger partial charge in [0.25, 0.3) is 0 Å². The Morgan fingerprint density at radius 3 is 1.77 bits per heavy atom. The first-order valence-corrected chi connectivity index (χ1v) is 27.6. The minimum Gasteiger partial charge on any atom is -0.308 e. The molecule has 334 valence electrons. The van der Waals surface area contributed by atoms with Gasteiger partial charge in [-0.05, 0) is 154 Å². The van der Waals surface area contributed by atoms with Crippen LogP contribution >= 0.6 is 34.0 Å². The van der Waals surface area contributed by atoms with Gasteiger partial charge in [0.2, 0.25) is 0 Å². The minimum atomic E-state index is -0.598. The Morgan fingerprint density at radius 1 is 0.394 bits per heavy atom. The number of hydrogen-bond acceptors (Lipinski definition) is 4. The summed E-state index contributed by atoms with van der Waals surface area (Å²) in [5.41, 5.74) is 24.7. The first-order chi connectivity index (χ1) is 35.0. The molecule has 0 bridgehead atoms. The zero-order valence-corrected chi connectivity index (χ0v) is 41.6. The predicted molar refractivity (Wildman–Crippen MR) is 300 cm³/mol. The Balaban J connectivity index is 0.996. The molecule has 3 aromatic heterocycles. The summed E-state index contributed by atoms with van der Waals surface area (Å²) in [7, 11) is 0. The highest BCUT2D eigenvalue weighted by Gasteiger charge is 2.53. The summed E-state index contributed by atoms with van der Waals surface area (Å²) in [6, 6.07) is 73.2. The lowest BCUT2D eigenvalue weighted by Gasteiger charge is -2.47. The monoisotopic (exact) mass is 957 g/mol. The minimum absolute atomic E-state index is 0.187. The van der Waals surface area contributed by atoms with E-state index in [2.05, 4.69) is 218 Å². The van der Waals surface area contributed by atoms with Crippen LogP contribution in [-0.4, -0.2) is 0 Å². The normalized spacial score (nSPS) is 16.2. The molecule has 71 heavy (non-hydrogen) atoms. The molecule has 0 radical (unpaired) electrons. The van der Waals surface area contributed by atoms with E-state index in [9.17, 15) is 0 Å². The second-order valence-electron chi connectivity index (χ2n) is 20.9. The Morgan fingerprint density at radius 2 is 1.03 bits per heavy atom. The summed E-state index contributed by atoms with van der Waals surface area (Å²) in [5.74, 6) is 0. The van der Waals surface area contributed by atoms with E-state index in [0.717, 1.165) is 12.8 Å². The van der Waals surface area contributed by atoms with E-state index in [1.807, 2.05) is 34.0 Å². The van der Waals surface area contributed by atoms with E-state index in [1.165, 1.54) is 147 Å². The van der Waals surface area contributed by atoms with Crippen molar-refractivity contribution >= 4 is 82.0 Å². The number of hydrogen-bond donors (Lipinski definition) is 0. The SMILES string of the molecule is CC1(C)c2ccccc2-c2cc3c(cc21)N(c1cccc2c1sc1c4c(ccc12)C1(c2ccsc2-c2sccc21)c1ccc2c5c(ccc-4c15)CC2)c1ccccc1C3(c1ccccc1)c1ccccc1. The molecule has 9 aromatic carbocycles. The lowest BCUT2D eigenvalue weighted by Crippen LogP contribution is -2.38. The van der Waals surface area contributed by atoms with Gasteiger partial charge in [0.05, 0.1) is 32.6 Å². The largest absolute Gasteiger partial charge is 0.308 e. The lowest BCUT2D eigenvalue weighted by atomic mass is 9.61. The van der Waals surface area contributed by atoms with Crippen LogP contribution in [0.4, 0.5) is 17.1 Å². The Bertz CT molecular complexity index is 4240. The highest BCUT2D eigenvalue weighted by Crippen LogP contribution is 2.67. The number of para-hydroxylation sites is 1. The molecule has 0 atom stereocenters. The van der Waals surface area contributed by atoms with Crippen molar-refractivity contribution in [1.29, 1.82) is 0 Å². The number of aryl methyl sites for hydroxylation is 2. The standard InChI is InChI=1S/C67H43NS3/c1-65(2)47-20-10-9-18-42(47)46-36-54-57(37-53(46)65)68(55-22-12-11-21-48(55)66(54,40-14-5-3-6-15-40)41-16-7-4-8-17-41)56-23-13-19-43-44-29-31-50-60(62(44)71-61(43)56)45-28-26-38-24-25-39-27-30-49(59(45)58(38)39)67(50)51-32-34-69-63(51)64-52(67)33-35-70-64/h3-23,26-37H,24-25H2,1-2H3. The molecule has 0 amide bonds. The van der Waals surface area contributed by atoms with E-state index in [4.69, 9.17) is 0 Å². The molecule has 1 aliphatic heterocycles. The van der Waals surface area contributed by atoms with Gasteiger partial charge in [-0.2, -0.15) is 0 Å². The fourth-order valence-corrected chi connectivity index (χ4v) is 18.3. The topological polar surface area (TPSA) is 3.24 Å². The highest BCUT2D eigenvalue weighted by atomic mass is 32.1. The van der Waals surface area contributed by atoms with E-state index in [1.54, 1.807) is 0 Å². The molecule has 5 aliphatic rings. The summed E-state index contributed by atoms with van der Waals surface area (Å²) >= 11 is 5.83. The molecule has 0 unspecified atom stereocenters. The number of anilines is 3. The van der Waals surface area contributed by atoms with Crippen LogP contribution < -0.4 is 4.90 Å². The van der Waals surface area contributed by atoms with Crippen LogP contribution in [0.3, 0.4) is 0 Å². The quantitative estimate of drug-likeness (QED) is 0.171. The van der Waals surface area contributed by atoms with Crippen LogP contribution in [0.15, 0.2) is 199 Å². The molecule has 4 heterocycles. The number of thiophene rings is 3. The van der Waals surface area contributed by atoms with E-state index in [-0.39, 0.29) is 10.8 Å². The van der Waals surface area contributed by atoms with Gasteiger partial charge in [0, 0.05) is 36.2 Å². The molecule has 0 saturated heterocycles. The van der Waals surface area contributed by atoms with Crippen molar-refractivity contribution in [3.05, 3.63) is 266 Å². The predicted octanol–water partition coefficient (Wildman–Crippen LogP) is 18.2. The van der Waals surface area contributed by atoms with Crippen LogP contribution in [0.25, 0.3) is 63.0 Å². The maximum absolute atomic E-state index is 2.66. The maximum Gasteiger partial charge on any atom is 0.0743 e. The second-order valence-corrected chi connectivity index (χ2v) is 23.8.